The molecule has 92 valence electrons. The second-order valence-electron chi connectivity index (χ2n) is 3.19. The third-order valence-electron chi connectivity index (χ3n) is 1.87. The number of ether oxygens (including phenoxy) is 1. The monoisotopic (exact) mass is 241 g/mol. The first-order chi connectivity index (χ1) is 7.28. The number of aliphatic hydroxyl groups is 1. The van der Waals surface area contributed by atoms with Gasteiger partial charge in [-0.1, -0.05) is 5.16 Å². The molecule has 1 N–H and O–H groups in total. The van der Waals surface area contributed by atoms with Crippen molar-refractivity contribution in [1.29, 1.82) is 0 Å². The van der Waals surface area contributed by atoms with E-state index in [1.165, 1.54) is 0 Å². The summed E-state index contributed by atoms with van der Waals surface area (Å²) in [5.41, 5.74) is -0.196. The van der Waals surface area contributed by atoms with Gasteiger partial charge in [0.05, 0.1) is 25.2 Å². The summed E-state index contributed by atoms with van der Waals surface area (Å²) < 4.78 is 41.2. The zero-order valence-electron chi connectivity index (χ0n) is 8.37. The summed E-state index contributed by atoms with van der Waals surface area (Å²) in [4.78, 5) is 14.8. The first kappa shape index (κ1) is 12.8. The molecule has 0 spiro atoms. The van der Waals surface area contributed by atoms with Crippen molar-refractivity contribution in [3.05, 3.63) is 0 Å². The average molecular weight is 241 g/mol. The Balaban J connectivity index is 2.55. The summed E-state index contributed by atoms with van der Waals surface area (Å²) in [7, 11) is 0. The molecule has 5 nitrogen and oxygen atoms in total. The molecule has 1 atom stereocenters. The Morgan fingerprint density at radius 1 is 1.69 bits per heavy atom. The summed E-state index contributed by atoms with van der Waals surface area (Å²) in [6.07, 6.45) is -6.26. The van der Waals surface area contributed by atoms with E-state index < -0.39 is 30.8 Å². The van der Waals surface area contributed by atoms with Gasteiger partial charge in [0.1, 0.15) is 0 Å². The number of nitrogens with zero attached hydrogens (tertiary/aromatic N) is 1. The third-order valence-corrected chi connectivity index (χ3v) is 1.87. The Morgan fingerprint density at radius 3 is 2.75 bits per heavy atom. The maximum Gasteiger partial charge on any atom is 0.458 e. The number of hydrogen-bond donors (Lipinski definition) is 1. The van der Waals surface area contributed by atoms with E-state index in [0.29, 0.717) is 0 Å². The molecule has 1 rings (SSSR count). The van der Waals surface area contributed by atoms with E-state index in [1.807, 2.05) is 0 Å². The molecule has 8 heteroatoms. The quantitative estimate of drug-likeness (QED) is 0.747. The Morgan fingerprint density at radius 2 is 2.31 bits per heavy atom. The van der Waals surface area contributed by atoms with Crippen LogP contribution >= 0.6 is 0 Å². The molecule has 0 fully saturated rings. The molecule has 0 saturated heterocycles. The molecular weight excluding hydrogens is 231 g/mol. The van der Waals surface area contributed by atoms with Crippen molar-refractivity contribution in [3.63, 3.8) is 0 Å². The van der Waals surface area contributed by atoms with Crippen LogP contribution in [0.5, 0.6) is 0 Å². The van der Waals surface area contributed by atoms with Gasteiger partial charge in [0.25, 0.3) is 0 Å². The number of carbonyl (C=O) groups excluding carboxylic acids is 1. The van der Waals surface area contributed by atoms with Crippen LogP contribution in [0, 0.1) is 0 Å². The summed E-state index contributed by atoms with van der Waals surface area (Å²) in [6, 6.07) is 0. The van der Waals surface area contributed by atoms with Gasteiger partial charge in [0.15, 0.2) is 0 Å². The fourth-order valence-electron chi connectivity index (χ4n) is 1.11. The van der Waals surface area contributed by atoms with E-state index in [-0.39, 0.29) is 12.3 Å². The van der Waals surface area contributed by atoms with Crippen molar-refractivity contribution < 1.29 is 32.6 Å². The van der Waals surface area contributed by atoms with Gasteiger partial charge in [-0.25, -0.2) is 0 Å². The minimum atomic E-state index is -4.95. The van der Waals surface area contributed by atoms with Crippen LogP contribution in [0.15, 0.2) is 5.16 Å². The van der Waals surface area contributed by atoms with Crippen molar-refractivity contribution in [1.82, 2.24) is 0 Å². The zero-order chi connectivity index (χ0) is 12.4. The van der Waals surface area contributed by atoms with Gasteiger partial charge < -0.3 is 14.7 Å². The van der Waals surface area contributed by atoms with E-state index in [9.17, 15) is 18.0 Å². The molecule has 0 aliphatic carbocycles. The summed E-state index contributed by atoms with van der Waals surface area (Å²) in [6.45, 7) is 1.69. The van der Waals surface area contributed by atoms with Crippen LogP contribution in [0.25, 0.3) is 0 Å². The molecule has 16 heavy (non-hydrogen) atoms. The van der Waals surface area contributed by atoms with Crippen molar-refractivity contribution in [2.75, 3.05) is 6.61 Å². The number of carbonyl (C=O) groups is 1. The first-order valence-corrected chi connectivity index (χ1v) is 4.47. The molecule has 0 bridgehead atoms. The first-order valence-electron chi connectivity index (χ1n) is 4.47. The van der Waals surface area contributed by atoms with E-state index in [1.54, 1.807) is 6.92 Å². The highest BCUT2D eigenvalue weighted by Crippen LogP contribution is 2.38. The van der Waals surface area contributed by atoms with E-state index in [0.717, 1.165) is 0 Å². The SMILES string of the molecule is CCOC(=O)CC1=NOC(O)(C(F)(F)F)C1. The van der Waals surface area contributed by atoms with Crippen molar-refractivity contribution in [2.24, 2.45) is 5.16 Å². The van der Waals surface area contributed by atoms with Crippen LogP contribution in [-0.4, -0.2) is 35.4 Å². The average Bonchev–Trinajstić information content (AvgIpc) is 2.48. The van der Waals surface area contributed by atoms with E-state index >= 15 is 0 Å². The summed E-state index contributed by atoms with van der Waals surface area (Å²) in [5.74, 6) is -4.04. The summed E-state index contributed by atoms with van der Waals surface area (Å²) >= 11 is 0. The van der Waals surface area contributed by atoms with Crippen molar-refractivity contribution >= 4 is 11.7 Å². The normalized spacial score (nSPS) is 24.9. The molecule has 0 saturated carbocycles. The molecule has 0 aromatic heterocycles. The summed E-state index contributed by atoms with van der Waals surface area (Å²) in [5, 5.41) is 12.1. The lowest BCUT2D eigenvalue weighted by Gasteiger charge is -2.22. The number of esters is 1. The Hall–Kier alpha value is -1.31. The van der Waals surface area contributed by atoms with Gasteiger partial charge in [0, 0.05) is 0 Å². The van der Waals surface area contributed by atoms with Crippen LogP contribution in [0.1, 0.15) is 19.8 Å². The van der Waals surface area contributed by atoms with Gasteiger partial charge in [-0.3, -0.25) is 4.79 Å². The second-order valence-corrected chi connectivity index (χ2v) is 3.19. The highest BCUT2D eigenvalue weighted by atomic mass is 19.4. The molecular formula is C8H10F3NO4. The Labute approximate surface area is 88.8 Å². The largest absolute Gasteiger partial charge is 0.466 e. The van der Waals surface area contributed by atoms with Gasteiger partial charge in [-0.2, -0.15) is 13.2 Å². The number of alkyl halides is 3. The van der Waals surface area contributed by atoms with Crippen LogP contribution in [0.3, 0.4) is 0 Å². The van der Waals surface area contributed by atoms with Crippen LogP contribution in [-0.2, 0) is 14.4 Å². The molecule has 0 amide bonds. The lowest BCUT2D eigenvalue weighted by Crippen LogP contribution is -2.45. The fraction of sp³-hybridized carbons (Fsp3) is 0.750. The molecule has 1 aliphatic rings. The maximum atomic E-state index is 12.2. The molecule has 1 heterocycles. The second kappa shape index (κ2) is 4.28. The predicted molar refractivity (Wildman–Crippen MR) is 45.4 cm³/mol. The lowest BCUT2D eigenvalue weighted by atomic mass is 10.1. The van der Waals surface area contributed by atoms with Gasteiger partial charge >= 0.3 is 17.9 Å². The topological polar surface area (TPSA) is 68.1 Å². The molecule has 0 aromatic rings. The lowest BCUT2D eigenvalue weighted by molar-refractivity contribution is -0.355. The number of hydrogen-bond acceptors (Lipinski definition) is 5. The number of oxime groups is 1. The molecule has 1 aliphatic heterocycles. The highest BCUT2D eigenvalue weighted by molar-refractivity contribution is 5.99. The fourth-order valence-corrected chi connectivity index (χ4v) is 1.11. The molecule has 0 radical (unpaired) electrons. The van der Waals surface area contributed by atoms with E-state index in [4.69, 9.17) is 5.11 Å². The van der Waals surface area contributed by atoms with Gasteiger partial charge in [-0.15, -0.1) is 0 Å². The third kappa shape index (κ3) is 2.63. The van der Waals surface area contributed by atoms with Crippen molar-refractivity contribution in [2.45, 2.75) is 31.7 Å². The standard InChI is InChI=1S/C8H10F3NO4/c1-2-15-6(13)3-5-4-7(14,16-12-5)8(9,10)11/h14H,2-4H2,1H3. The number of halogens is 3. The smallest absolute Gasteiger partial charge is 0.458 e. The maximum absolute atomic E-state index is 12.2. The Bertz CT molecular complexity index is 315. The van der Waals surface area contributed by atoms with Gasteiger partial charge in [-0.05, 0) is 6.92 Å². The number of rotatable bonds is 3. The molecule has 0 aromatic carbocycles. The van der Waals surface area contributed by atoms with Crippen LogP contribution in [0.4, 0.5) is 13.2 Å². The minimum Gasteiger partial charge on any atom is -0.466 e. The zero-order valence-corrected chi connectivity index (χ0v) is 8.37. The predicted octanol–water partition coefficient (Wildman–Crippen LogP) is 0.967. The van der Waals surface area contributed by atoms with E-state index in [2.05, 4.69) is 14.7 Å². The molecule has 1 unspecified atom stereocenters. The highest BCUT2D eigenvalue weighted by Gasteiger charge is 2.60. The van der Waals surface area contributed by atoms with Gasteiger partial charge in [0.2, 0.25) is 0 Å². The Kier molecular flexibility index (Phi) is 3.41. The van der Waals surface area contributed by atoms with Crippen LogP contribution < -0.4 is 0 Å². The minimum absolute atomic E-state index is 0.122. The van der Waals surface area contributed by atoms with Crippen molar-refractivity contribution in [3.8, 4) is 0 Å². The van der Waals surface area contributed by atoms with Crippen LogP contribution in [0.2, 0.25) is 0 Å².